The van der Waals surface area contributed by atoms with Crippen LogP contribution in [0.3, 0.4) is 0 Å². The van der Waals surface area contributed by atoms with Crippen LogP contribution in [-0.4, -0.2) is 24.0 Å². The Labute approximate surface area is 147 Å². The zero-order valence-electron chi connectivity index (χ0n) is 14.3. The molecule has 0 spiro atoms. The Morgan fingerprint density at radius 2 is 1.88 bits per heavy atom. The third-order valence-corrected chi connectivity index (χ3v) is 4.04. The highest BCUT2D eigenvalue weighted by molar-refractivity contribution is 5.83. The monoisotopic (exact) mass is 338 g/mol. The van der Waals surface area contributed by atoms with Gasteiger partial charge >= 0.3 is 0 Å². The Bertz CT molecular complexity index is 836. The van der Waals surface area contributed by atoms with Crippen LogP contribution in [0.4, 0.5) is 4.39 Å². The molecular weight excluding hydrogens is 315 g/mol. The highest BCUT2D eigenvalue weighted by Gasteiger charge is 2.03. The Kier molecular flexibility index (Phi) is 5.67. The summed E-state index contributed by atoms with van der Waals surface area (Å²) in [6.45, 7) is 4.14. The molecule has 0 amide bonds. The molecule has 0 fully saturated rings. The van der Waals surface area contributed by atoms with Crippen molar-refractivity contribution in [3.05, 3.63) is 71.7 Å². The fourth-order valence-electron chi connectivity index (χ4n) is 2.76. The lowest BCUT2D eigenvalue weighted by Gasteiger charge is -2.11. The van der Waals surface area contributed by atoms with Crippen molar-refractivity contribution in [2.45, 2.75) is 19.9 Å². The molecule has 0 aliphatic carbocycles. The highest BCUT2D eigenvalue weighted by Crippen LogP contribution is 2.17. The molecule has 130 valence electrons. The summed E-state index contributed by atoms with van der Waals surface area (Å²) in [7, 11) is 0. The summed E-state index contributed by atoms with van der Waals surface area (Å²) >= 11 is 0. The molecule has 0 saturated heterocycles. The average Bonchev–Trinajstić information content (AvgIpc) is 3.04. The number of aliphatic imine (C=N–C) groups is 1. The van der Waals surface area contributed by atoms with E-state index in [2.05, 4.69) is 45.0 Å². The molecule has 3 aromatic rings. The minimum atomic E-state index is -0.225. The zero-order chi connectivity index (χ0) is 17.5. The van der Waals surface area contributed by atoms with Crippen LogP contribution in [0.2, 0.25) is 0 Å². The van der Waals surface area contributed by atoms with Gasteiger partial charge in [0.25, 0.3) is 0 Å². The normalized spacial score (nSPS) is 11.7. The van der Waals surface area contributed by atoms with Gasteiger partial charge in [0.15, 0.2) is 5.96 Å². The van der Waals surface area contributed by atoms with Gasteiger partial charge in [-0.3, -0.25) is 0 Å². The number of para-hydroxylation sites is 1. The molecule has 0 bridgehead atoms. The third-order valence-electron chi connectivity index (χ3n) is 4.04. The Hall–Kier alpha value is -2.82. The van der Waals surface area contributed by atoms with E-state index in [-0.39, 0.29) is 5.82 Å². The number of H-pyrrole nitrogens is 1. The Balaban J connectivity index is 1.58. The van der Waals surface area contributed by atoms with E-state index in [1.54, 1.807) is 12.1 Å². The maximum absolute atomic E-state index is 13.0. The number of guanidine groups is 1. The van der Waals surface area contributed by atoms with Gasteiger partial charge in [-0.25, -0.2) is 9.38 Å². The first kappa shape index (κ1) is 17.0. The van der Waals surface area contributed by atoms with Crippen LogP contribution in [0.1, 0.15) is 18.1 Å². The molecule has 1 heterocycles. The van der Waals surface area contributed by atoms with Crippen LogP contribution in [0.15, 0.2) is 59.7 Å². The predicted molar refractivity (Wildman–Crippen MR) is 101 cm³/mol. The first-order valence-electron chi connectivity index (χ1n) is 8.58. The molecule has 0 saturated carbocycles. The summed E-state index contributed by atoms with van der Waals surface area (Å²) in [5, 5.41) is 7.86. The average molecular weight is 338 g/mol. The van der Waals surface area contributed by atoms with Gasteiger partial charge in [0.1, 0.15) is 5.82 Å². The second-order valence-electron chi connectivity index (χ2n) is 5.86. The quantitative estimate of drug-likeness (QED) is 0.475. The molecule has 0 atom stereocenters. The topological polar surface area (TPSA) is 52.2 Å². The molecule has 25 heavy (non-hydrogen) atoms. The number of aromatic amines is 1. The minimum absolute atomic E-state index is 0.225. The number of rotatable bonds is 6. The molecule has 3 N–H and O–H groups in total. The molecule has 0 aliphatic heterocycles. The van der Waals surface area contributed by atoms with Crippen molar-refractivity contribution in [2.75, 3.05) is 13.1 Å². The number of hydrogen-bond acceptors (Lipinski definition) is 1. The van der Waals surface area contributed by atoms with Crippen LogP contribution >= 0.6 is 0 Å². The molecule has 2 aromatic carbocycles. The number of nitrogens with one attached hydrogen (secondary N) is 3. The van der Waals surface area contributed by atoms with Crippen LogP contribution in [-0.2, 0) is 13.0 Å². The lowest BCUT2D eigenvalue weighted by atomic mass is 10.1. The number of halogens is 1. The Morgan fingerprint density at radius 1 is 1.08 bits per heavy atom. The van der Waals surface area contributed by atoms with Crippen LogP contribution < -0.4 is 10.6 Å². The van der Waals surface area contributed by atoms with Gasteiger partial charge in [0.05, 0.1) is 6.54 Å². The summed E-state index contributed by atoms with van der Waals surface area (Å²) in [5.74, 6) is 0.545. The van der Waals surface area contributed by atoms with Crippen LogP contribution in [0.5, 0.6) is 0 Å². The van der Waals surface area contributed by atoms with Crippen molar-refractivity contribution in [3.63, 3.8) is 0 Å². The molecule has 4 nitrogen and oxygen atoms in total. The van der Waals surface area contributed by atoms with Crippen molar-refractivity contribution >= 4 is 16.9 Å². The summed E-state index contributed by atoms with van der Waals surface area (Å²) < 4.78 is 13.0. The summed E-state index contributed by atoms with van der Waals surface area (Å²) in [6.07, 6.45) is 2.97. The van der Waals surface area contributed by atoms with E-state index in [0.717, 1.165) is 36.6 Å². The maximum Gasteiger partial charge on any atom is 0.191 e. The number of nitrogens with zero attached hydrogens (tertiary/aromatic N) is 1. The van der Waals surface area contributed by atoms with E-state index in [4.69, 9.17) is 0 Å². The van der Waals surface area contributed by atoms with Gasteiger partial charge in [0, 0.05) is 30.2 Å². The summed E-state index contributed by atoms with van der Waals surface area (Å²) in [5.41, 5.74) is 3.43. The molecule has 0 aliphatic rings. The predicted octanol–water partition coefficient (Wildman–Crippen LogP) is 3.60. The maximum atomic E-state index is 13.0. The van der Waals surface area contributed by atoms with Gasteiger partial charge in [-0.05, 0) is 42.7 Å². The van der Waals surface area contributed by atoms with Crippen LogP contribution in [0, 0.1) is 5.82 Å². The van der Waals surface area contributed by atoms with Gasteiger partial charge in [-0.15, -0.1) is 0 Å². The summed E-state index contributed by atoms with van der Waals surface area (Å²) in [6, 6.07) is 14.7. The fourth-order valence-corrected chi connectivity index (χ4v) is 2.76. The van der Waals surface area contributed by atoms with Gasteiger partial charge in [-0.2, -0.15) is 0 Å². The number of aromatic nitrogens is 1. The molecule has 3 rings (SSSR count). The molecular formula is C20H23FN4. The fraction of sp³-hybridized carbons (Fsp3) is 0.250. The van der Waals surface area contributed by atoms with Gasteiger partial charge in [0.2, 0.25) is 0 Å². The minimum Gasteiger partial charge on any atom is -0.361 e. The van der Waals surface area contributed by atoms with Crippen LogP contribution in [0.25, 0.3) is 10.9 Å². The van der Waals surface area contributed by atoms with E-state index < -0.39 is 0 Å². The Morgan fingerprint density at radius 3 is 2.68 bits per heavy atom. The van der Waals surface area contributed by atoms with E-state index in [0.29, 0.717) is 6.54 Å². The lowest BCUT2D eigenvalue weighted by molar-refractivity contribution is 0.627. The SMILES string of the molecule is CCNC(=NCc1ccc(F)cc1)NCCc1c[nH]c2ccccc12. The van der Waals surface area contributed by atoms with Crippen molar-refractivity contribution in [2.24, 2.45) is 4.99 Å². The molecule has 5 heteroatoms. The number of hydrogen-bond donors (Lipinski definition) is 3. The van der Waals surface area contributed by atoms with E-state index in [1.807, 2.05) is 13.0 Å². The number of benzene rings is 2. The second-order valence-corrected chi connectivity index (χ2v) is 5.86. The zero-order valence-corrected chi connectivity index (χ0v) is 14.3. The second kappa shape index (κ2) is 8.33. The van der Waals surface area contributed by atoms with E-state index >= 15 is 0 Å². The third kappa shape index (κ3) is 4.59. The van der Waals surface area contributed by atoms with Crippen molar-refractivity contribution in [3.8, 4) is 0 Å². The molecule has 0 radical (unpaired) electrons. The highest BCUT2D eigenvalue weighted by atomic mass is 19.1. The first-order valence-corrected chi connectivity index (χ1v) is 8.58. The standard InChI is InChI=1S/C20H23FN4/c1-2-22-20(25-13-15-7-9-17(21)10-8-15)23-12-11-16-14-24-19-6-4-3-5-18(16)19/h3-10,14,24H,2,11-13H2,1H3,(H2,22,23,25). The van der Waals surface area contributed by atoms with Crippen molar-refractivity contribution in [1.82, 2.24) is 15.6 Å². The smallest absolute Gasteiger partial charge is 0.191 e. The van der Waals surface area contributed by atoms with E-state index in [9.17, 15) is 4.39 Å². The first-order chi connectivity index (χ1) is 12.3. The van der Waals surface area contributed by atoms with Gasteiger partial charge < -0.3 is 15.6 Å². The van der Waals surface area contributed by atoms with E-state index in [1.165, 1.54) is 23.1 Å². The lowest BCUT2D eigenvalue weighted by Crippen LogP contribution is -2.38. The van der Waals surface area contributed by atoms with Crippen molar-refractivity contribution in [1.29, 1.82) is 0 Å². The molecule has 0 unspecified atom stereocenters. The number of fused-ring (bicyclic) bond motifs is 1. The van der Waals surface area contributed by atoms with Crippen molar-refractivity contribution < 1.29 is 4.39 Å². The van der Waals surface area contributed by atoms with Gasteiger partial charge in [-0.1, -0.05) is 30.3 Å². The molecule has 1 aromatic heterocycles. The largest absolute Gasteiger partial charge is 0.361 e. The summed E-state index contributed by atoms with van der Waals surface area (Å²) in [4.78, 5) is 7.86.